The summed E-state index contributed by atoms with van der Waals surface area (Å²) in [5.41, 5.74) is 5.80. The van der Waals surface area contributed by atoms with Crippen LogP contribution in [-0.2, 0) is 5.54 Å². The van der Waals surface area contributed by atoms with E-state index in [0.717, 1.165) is 0 Å². The van der Waals surface area contributed by atoms with Gasteiger partial charge in [0.15, 0.2) is 0 Å². The zero-order valence-electron chi connectivity index (χ0n) is 15.1. The molecule has 128 valence electrons. The van der Waals surface area contributed by atoms with Crippen LogP contribution in [0, 0.1) is 13.8 Å². The van der Waals surface area contributed by atoms with Crippen LogP contribution >= 0.6 is 0 Å². The van der Waals surface area contributed by atoms with Crippen LogP contribution in [0.3, 0.4) is 0 Å². The summed E-state index contributed by atoms with van der Waals surface area (Å²) in [6, 6.07) is 28.0. The van der Waals surface area contributed by atoms with E-state index < -0.39 is 5.54 Å². The number of hydrogen-bond donors (Lipinski definition) is 0. The third kappa shape index (κ3) is 2.46. The van der Waals surface area contributed by atoms with Gasteiger partial charge in [0, 0.05) is 12.4 Å². The lowest BCUT2D eigenvalue weighted by atomic mass is 9.73. The van der Waals surface area contributed by atoms with E-state index in [9.17, 15) is 0 Å². The lowest BCUT2D eigenvalue weighted by molar-refractivity contribution is 0.509. The molecule has 0 saturated carbocycles. The van der Waals surface area contributed by atoms with E-state index >= 15 is 0 Å². The fourth-order valence-corrected chi connectivity index (χ4v) is 3.98. The van der Waals surface area contributed by atoms with Crippen LogP contribution in [0.15, 0.2) is 97.6 Å². The lowest BCUT2D eigenvalue weighted by Gasteiger charge is -2.39. The molecule has 0 amide bonds. The smallest absolute Gasteiger partial charge is 0.122 e. The molecule has 4 rings (SSSR count). The van der Waals surface area contributed by atoms with Gasteiger partial charge in [0.1, 0.15) is 5.54 Å². The van der Waals surface area contributed by atoms with Gasteiger partial charge in [-0.05, 0) is 41.7 Å². The van der Waals surface area contributed by atoms with Gasteiger partial charge in [-0.25, -0.2) is 4.98 Å². The number of benzene rings is 3. The van der Waals surface area contributed by atoms with Crippen molar-refractivity contribution in [1.82, 2.24) is 9.55 Å². The van der Waals surface area contributed by atoms with Gasteiger partial charge in [0.05, 0.1) is 6.33 Å². The first kappa shape index (κ1) is 16.3. The molecule has 0 radical (unpaired) electrons. The van der Waals surface area contributed by atoms with Gasteiger partial charge < -0.3 is 4.57 Å². The van der Waals surface area contributed by atoms with Crippen molar-refractivity contribution < 1.29 is 0 Å². The quantitative estimate of drug-likeness (QED) is 0.459. The molecule has 0 fully saturated rings. The Hall–Kier alpha value is -3.13. The highest BCUT2D eigenvalue weighted by molar-refractivity contribution is 5.55. The lowest BCUT2D eigenvalue weighted by Crippen LogP contribution is -2.38. The summed E-state index contributed by atoms with van der Waals surface area (Å²) < 4.78 is 2.23. The minimum absolute atomic E-state index is 0.464. The summed E-state index contributed by atoms with van der Waals surface area (Å²) in [6.07, 6.45) is 5.84. The predicted octanol–water partition coefficient (Wildman–Crippen LogP) is 5.34. The molecule has 1 heterocycles. The van der Waals surface area contributed by atoms with Gasteiger partial charge in [-0.2, -0.15) is 0 Å². The van der Waals surface area contributed by atoms with Crippen LogP contribution in [0.5, 0.6) is 0 Å². The molecule has 0 N–H and O–H groups in total. The SMILES string of the molecule is Cc1ccccc1C(c1ccccc1)(c1ccccc1C)n1ccnc1. The Kier molecular flexibility index (Phi) is 4.18. The van der Waals surface area contributed by atoms with E-state index in [4.69, 9.17) is 0 Å². The fraction of sp³-hybridized carbons (Fsp3) is 0.125. The molecule has 0 aliphatic carbocycles. The van der Waals surface area contributed by atoms with Crippen LogP contribution in [0.25, 0.3) is 0 Å². The first-order valence-corrected chi connectivity index (χ1v) is 8.91. The number of hydrogen-bond acceptors (Lipinski definition) is 1. The Bertz CT molecular complexity index is 956. The second-order valence-corrected chi connectivity index (χ2v) is 6.68. The first-order chi connectivity index (χ1) is 12.7. The molecule has 0 aliphatic heterocycles. The zero-order chi connectivity index (χ0) is 18.0. The highest BCUT2D eigenvalue weighted by Crippen LogP contribution is 2.43. The van der Waals surface area contributed by atoms with E-state index in [-0.39, 0.29) is 0 Å². The Balaban J connectivity index is 2.19. The van der Waals surface area contributed by atoms with Crippen molar-refractivity contribution in [2.75, 3.05) is 0 Å². The molecule has 0 bridgehead atoms. The third-order valence-electron chi connectivity index (χ3n) is 5.15. The monoisotopic (exact) mass is 338 g/mol. The topological polar surface area (TPSA) is 17.8 Å². The van der Waals surface area contributed by atoms with Crippen LogP contribution in [-0.4, -0.2) is 9.55 Å². The standard InChI is InChI=1S/C24H22N2/c1-19-10-6-8-14-22(19)24(26-17-16-25-18-26,21-12-4-3-5-13-21)23-15-9-7-11-20(23)2/h3-18H,1-2H3. The Labute approximate surface area is 154 Å². The predicted molar refractivity (Wildman–Crippen MR) is 106 cm³/mol. The number of rotatable bonds is 4. The molecule has 0 unspecified atom stereocenters. The minimum atomic E-state index is -0.464. The number of aryl methyl sites for hydroxylation is 2. The van der Waals surface area contributed by atoms with Crippen LogP contribution < -0.4 is 0 Å². The molecule has 26 heavy (non-hydrogen) atoms. The van der Waals surface area contributed by atoms with Crippen LogP contribution in [0.2, 0.25) is 0 Å². The normalized spacial score (nSPS) is 11.5. The van der Waals surface area contributed by atoms with Crippen molar-refractivity contribution in [1.29, 1.82) is 0 Å². The van der Waals surface area contributed by atoms with Crippen molar-refractivity contribution in [3.8, 4) is 0 Å². The van der Waals surface area contributed by atoms with Gasteiger partial charge in [0.25, 0.3) is 0 Å². The Morgan fingerprint density at radius 1 is 0.692 bits per heavy atom. The largest absolute Gasteiger partial charge is 0.319 e. The summed E-state index contributed by atoms with van der Waals surface area (Å²) in [5, 5.41) is 0. The highest BCUT2D eigenvalue weighted by atomic mass is 15.1. The van der Waals surface area contributed by atoms with Crippen molar-refractivity contribution in [2.24, 2.45) is 0 Å². The van der Waals surface area contributed by atoms with Crippen LogP contribution in [0.1, 0.15) is 27.8 Å². The minimum Gasteiger partial charge on any atom is -0.319 e. The summed E-state index contributed by atoms with van der Waals surface area (Å²) in [5.74, 6) is 0. The molecule has 2 heteroatoms. The van der Waals surface area contributed by atoms with Crippen molar-refractivity contribution in [3.05, 3.63) is 125 Å². The third-order valence-corrected chi connectivity index (χ3v) is 5.15. The van der Waals surface area contributed by atoms with E-state index in [1.165, 1.54) is 27.8 Å². The average molecular weight is 338 g/mol. The number of nitrogens with zero attached hydrogens (tertiary/aromatic N) is 2. The summed E-state index contributed by atoms with van der Waals surface area (Å²) in [6.45, 7) is 4.37. The molecule has 3 aromatic carbocycles. The van der Waals surface area contributed by atoms with Gasteiger partial charge in [-0.1, -0.05) is 78.9 Å². The molecule has 0 aliphatic rings. The maximum Gasteiger partial charge on any atom is 0.122 e. The maximum absolute atomic E-state index is 4.39. The van der Waals surface area contributed by atoms with Gasteiger partial charge in [-0.15, -0.1) is 0 Å². The molecule has 2 nitrogen and oxygen atoms in total. The highest BCUT2D eigenvalue weighted by Gasteiger charge is 2.39. The second kappa shape index (κ2) is 6.64. The molecule has 0 spiro atoms. The number of imidazole rings is 1. The average Bonchev–Trinajstić information content (AvgIpc) is 3.21. The molecule has 4 aromatic rings. The van der Waals surface area contributed by atoms with E-state index in [1.54, 1.807) is 0 Å². The molecule has 0 atom stereocenters. The van der Waals surface area contributed by atoms with Crippen molar-refractivity contribution in [2.45, 2.75) is 19.4 Å². The second-order valence-electron chi connectivity index (χ2n) is 6.68. The Morgan fingerprint density at radius 2 is 1.23 bits per heavy atom. The van der Waals surface area contributed by atoms with Gasteiger partial charge in [-0.3, -0.25) is 0 Å². The first-order valence-electron chi connectivity index (χ1n) is 8.91. The van der Waals surface area contributed by atoms with E-state index in [0.29, 0.717) is 0 Å². The van der Waals surface area contributed by atoms with Crippen LogP contribution in [0.4, 0.5) is 0 Å². The van der Waals surface area contributed by atoms with E-state index in [2.05, 4.69) is 108 Å². The fourth-order valence-electron chi connectivity index (χ4n) is 3.98. The van der Waals surface area contributed by atoms with Crippen molar-refractivity contribution in [3.63, 3.8) is 0 Å². The van der Waals surface area contributed by atoms with Gasteiger partial charge >= 0.3 is 0 Å². The maximum atomic E-state index is 4.39. The zero-order valence-corrected chi connectivity index (χ0v) is 15.1. The molecular weight excluding hydrogens is 316 g/mol. The summed E-state index contributed by atoms with van der Waals surface area (Å²) in [4.78, 5) is 4.39. The number of aromatic nitrogens is 2. The molecular formula is C24H22N2. The molecule has 1 aromatic heterocycles. The van der Waals surface area contributed by atoms with E-state index in [1.807, 2.05) is 12.5 Å². The molecule has 0 saturated heterocycles. The Morgan fingerprint density at radius 3 is 1.73 bits per heavy atom. The van der Waals surface area contributed by atoms with Crippen molar-refractivity contribution >= 4 is 0 Å². The summed E-state index contributed by atoms with van der Waals surface area (Å²) >= 11 is 0. The summed E-state index contributed by atoms with van der Waals surface area (Å²) in [7, 11) is 0. The van der Waals surface area contributed by atoms with Gasteiger partial charge in [0.2, 0.25) is 0 Å².